The minimum atomic E-state index is -1.47. The number of amides is 1. The van der Waals surface area contributed by atoms with E-state index >= 15 is 0 Å². The van der Waals surface area contributed by atoms with E-state index in [2.05, 4.69) is 20.7 Å². The molecule has 0 heterocycles. The van der Waals surface area contributed by atoms with Gasteiger partial charge in [-0.1, -0.05) is 19.1 Å². The van der Waals surface area contributed by atoms with E-state index in [4.69, 9.17) is 0 Å². The van der Waals surface area contributed by atoms with Crippen molar-refractivity contribution in [2.45, 2.75) is 24.7 Å². The Kier molecular flexibility index (Phi) is 4.98. The minimum Gasteiger partial charge on any atom is -0.274 e. The molecule has 0 unspecified atom stereocenters. The summed E-state index contributed by atoms with van der Waals surface area (Å²) in [6, 6.07) is 7.12. The van der Waals surface area contributed by atoms with Gasteiger partial charge in [0.15, 0.2) is 11.0 Å². The van der Waals surface area contributed by atoms with Crippen LogP contribution < -0.4 is 4.72 Å². The van der Waals surface area contributed by atoms with Crippen molar-refractivity contribution in [1.29, 1.82) is 0 Å². The number of hydrogen-bond acceptors (Lipinski definition) is 2. The van der Waals surface area contributed by atoms with Crippen molar-refractivity contribution in [1.82, 2.24) is 4.72 Å². The van der Waals surface area contributed by atoms with E-state index in [0.29, 0.717) is 11.3 Å². The standard InChI is InChI=1S/C10H12BrNO2S/c1-2-5-10(13)12-15(14)9-7-4-3-6-8(9)11/h3-4,6-7H,2,5H2,1H3,(H,12,13)/t15-/m0/s1. The van der Waals surface area contributed by atoms with Gasteiger partial charge in [-0.2, -0.15) is 0 Å². The third-order valence-electron chi connectivity index (χ3n) is 1.72. The third-order valence-corrected chi connectivity index (χ3v) is 3.84. The molecule has 0 radical (unpaired) electrons. The maximum Gasteiger partial charge on any atom is 0.231 e. The van der Waals surface area contributed by atoms with Gasteiger partial charge in [0.2, 0.25) is 5.91 Å². The molecule has 1 rings (SSSR count). The predicted octanol–water partition coefficient (Wildman–Crippen LogP) is 2.39. The van der Waals surface area contributed by atoms with Crippen LogP contribution in [0.5, 0.6) is 0 Å². The largest absolute Gasteiger partial charge is 0.274 e. The lowest BCUT2D eigenvalue weighted by Crippen LogP contribution is -2.25. The first-order valence-corrected chi connectivity index (χ1v) is 6.55. The van der Waals surface area contributed by atoms with Crippen molar-refractivity contribution >= 4 is 32.8 Å². The molecule has 0 bridgehead atoms. The van der Waals surface area contributed by atoms with Crippen LogP contribution >= 0.6 is 15.9 Å². The molecule has 1 aromatic rings. The second kappa shape index (κ2) is 6.02. The summed E-state index contributed by atoms with van der Waals surface area (Å²) in [5.41, 5.74) is 0. The Morgan fingerprint density at radius 3 is 2.73 bits per heavy atom. The summed E-state index contributed by atoms with van der Waals surface area (Å²) in [5, 5.41) is 0. The smallest absolute Gasteiger partial charge is 0.231 e. The van der Waals surface area contributed by atoms with Gasteiger partial charge in [0, 0.05) is 10.9 Å². The van der Waals surface area contributed by atoms with Gasteiger partial charge in [-0.3, -0.25) is 9.52 Å². The van der Waals surface area contributed by atoms with Gasteiger partial charge in [-0.25, -0.2) is 4.21 Å². The van der Waals surface area contributed by atoms with Crippen molar-refractivity contribution in [3.8, 4) is 0 Å². The average molecular weight is 290 g/mol. The van der Waals surface area contributed by atoms with Crippen LogP contribution in [0.15, 0.2) is 33.6 Å². The maximum atomic E-state index is 11.7. The Morgan fingerprint density at radius 2 is 2.13 bits per heavy atom. The molecule has 0 aliphatic rings. The fourth-order valence-corrected chi connectivity index (χ4v) is 2.62. The second-order valence-electron chi connectivity index (χ2n) is 2.97. The highest BCUT2D eigenvalue weighted by molar-refractivity contribution is 9.10. The molecule has 0 saturated carbocycles. The Hall–Kier alpha value is -0.680. The summed E-state index contributed by atoms with van der Waals surface area (Å²) in [6.45, 7) is 1.90. The van der Waals surface area contributed by atoms with Crippen LogP contribution in [0.3, 0.4) is 0 Å². The van der Waals surface area contributed by atoms with Crippen LogP contribution in [0.4, 0.5) is 0 Å². The average Bonchev–Trinajstić information content (AvgIpc) is 2.18. The van der Waals surface area contributed by atoms with E-state index in [0.717, 1.165) is 10.9 Å². The van der Waals surface area contributed by atoms with Gasteiger partial charge < -0.3 is 0 Å². The molecule has 3 nitrogen and oxygen atoms in total. The van der Waals surface area contributed by atoms with E-state index in [1.807, 2.05) is 13.0 Å². The maximum absolute atomic E-state index is 11.7. The molecular weight excluding hydrogens is 278 g/mol. The highest BCUT2D eigenvalue weighted by Gasteiger charge is 2.10. The normalized spacial score (nSPS) is 12.1. The van der Waals surface area contributed by atoms with Crippen LogP contribution in [-0.4, -0.2) is 10.1 Å². The van der Waals surface area contributed by atoms with Gasteiger partial charge in [-0.05, 0) is 34.5 Å². The number of carbonyl (C=O) groups excluding carboxylic acids is 1. The molecule has 0 fully saturated rings. The molecule has 0 saturated heterocycles. The fraction of sp³-hybridized carbons (Fsp3) is 0.300. The van der Waals surface area contributed by atoms with Crippen molar-refractivity contribution in [2.75, 3.05) is 0 Å². The lowest BCUT2D eigenvalue weighted by atomic mass is 10.3. The zero-order valence-electron chi connectivity index (χ0n) is 8.33. The van der Waals surface area contributed by atoms with Crippen molar-refractivity contribution < 1.29 is 9.00 Å². The first kappa shape index (κ1) is 12.4. The first-order valence-electron chi connectivity index (χ1n) is 4.61. The minimum absolute atomic E-state index is 0.188. The molecule has 0 aromatic heterocycles. The third kappa shape index (κ3) is 3.76. The number of hydrogen-bond donors (Lipinski definition) is 1. The topological polar surface area (TPSA) is 46.2 Å². The molecule has 5 heteroatoms. The highest BCUT2D eigenvalue weighted by Crippen LogP contribution is 2.18. The monoisotopic (exact) mass is 289 g/mol. The van der Waals surface area contributed by atoms with Crippen LogP contribution in [0.25, 0.3) is 0 Å². The van der Waals surface area contributed by atoms with E-state index in [1.165, 1.54) is 0 Å². The van der Waals surface area contributed by atoms with Crippen molar-refractivity contribution in [2.24, 2.45) is 0 Å². The van der Waals surface area contributed by atoms with Gasteiger partial charge in [0.25, 0.3) is 0 Å². The van der Waals surface area contributed by atoms with Crippen LogP contribution in [0.1, 0.15) is 19.8 Å². The quantitative estimate of drug-likeness (QED) is 0.925. The van der Waals surface area contributed by atoms with E-state index in [9.17, 15) is 9.00 Å². The van der Waals surface area contributed by atoms with Crippen LogP contribution in [0.2, 0.25) is 0 Å². The number of nitrogens with one attached hydrogen (secondary N) is 1. The molecule has 1 aromatic carbocycles. The molecule has 1 N–H and O–H groups in total. The molecule has 1 atom stereocenters. The summed E-state index contributed by atoms with van der Waals surface area (Å²) < 4.78 is 14.9. The summed E-state index contributed by atoms with van der Waals surface area (Å²) in [6.07, 6.45) is 1.15. The van der Waals surface area contributed by atoms with Crippen LogP contribution in [0, 0.1) is 0 Å². The Labute approximate surface area is 100.0 Å². The SMILES string of the molecule is CCCC(=O)N[S@@](=O)c1ccccc1Br. The summed E-state index contributed by atoms with van der Waals surface area (Å²) in [7, 11) is -1.47. The molecule has 15 heavy (non-hydrogen) atoms. The van der Waals surface area contributed by atoms with Gasteiger partial charge in [0.1, 0.15) is 0 Å². The highest BCUT2D eigenvalue weighted by atomic mass is 79.9. The van der Waals surface area contributed by atoms with Crippen LogP contribution in [-0.2, 0) is 15.8 Å². The molecule has 0 spiro atoms. The second-order valence-corrected chi connectivity index (χ2v) is 5.01. The summed E-state index contributed by atoms with van der Waals surface area (Å²) >= 11 is 3.28. The molecular formula is C10H12BrNO2S. The zero-order chi connectivity index (χ0) is 11.3. The van der Waals surface area contributed by atoms with Crippen molar-refractivity contribution in [3.63, 3.8) is 0 Å². The predicted molar refractivity (Wildman–Crippen MR) is 63.6 cm³/mol. The fourth-order valence-electron chi connectivity index (χ4n) is 1.03. The Bertz CT molecular complexity index is 381. The Balaban J connectivity index is 2.70. The summed E-state index contributed by atoms with van der Waals surface area (Å²) in [5.74, 6) is -0.188. The van der Waals surface area contributed by atoms with E-state index < -0.39 is 11.0 Å². The molecule has 0 aliphatic heterocycles. The van der Waals surface area contributed by atoms with E-state index in [1.54, 1.807) is 18.2 Å². The van der Waals surface area contributed by atoms with Gasteiger partial charge >= 0.3 is 0 Å². The number of carbonyl (C=O) groups is 1. The molecule has 82 valence electrons. The van der Waals surface area contributed by atoms with Crippen molar-refractivity contribution in [3.05, 3.63) is 28.7 Å². The lowest BCUT2D eigenvalue weighted by Gasteiger charge is -2.05. The van der Waals surface area contributed by atoms with E-state index in [-0.39, 0.29) is 5.91 Å². The molecule has 1 amide bonds. The zero-order valence-corrected chi connectivity index (χ0v) is 10.7. The first-order chi connectivity index (χ1) is 7.15. The lowest BCUT2D eigenvalue weighted by molar-refractivity contribution is -0.119. The number of benzene rings is 1. The molecule has 0 aliphatic carbocycles. The Morgan fingerprint density at radius 1 is 1.47 bits per heavy atom. The number of halogens is 1. The van der Waals surface area contributed by atoms with Gasteiger partial charge in [-0.15, -0.1) is 0 Å². The van der Waals surface area contributed by atoms with Gasteiger partial charge in [0.05, 0.1) is 4.90 Å². The number of rotatable bonds is 4. The summed E-state index contributed by atoms with van der Waals surface area (Å²) in [4.78, 5) is 11.8.